The van der Waals surface area contributed by atoms with Gasteiger partial charge in [-0.05, 0) is 73.2 Å². The summed E-state index contributed by atoms with van der Waals surface area (Å²) in [6.07, 6.45) is 2.34. The summed E-state index contributed by atoms with van der Waals surface area (Å²) in [4.78, 5) is 45.9. The molecule has 2 amide bonds. The topological polar surface area (TPSA) is 146 Å². The Hall–Kier alpha value is -3.82. The molecule has 0 bridgehead atoms. The molecule has 10 nitrogen and oxygen atoms in total. The third-order valence-electron chi connectivity index (χ3n) is 6.10. The number of imide groups is 1. The molecule has 1 saturated heterocycles. The summed E-state index contributed by atoms with van der Waals surface area (Å²) in [6.45, 7) is 0.759. The van der Waals surface area contributed by atoms with Gasteiger partial charge in [0.25, 0.3) is 11.1 Å². The third kappa shape index (κ3) is 9.09. The Morgan fingerprint density at radius 1 is 1.10 bits per heavy atom. The van der Waals surface area contributed by atoms with Crippen molar-refractivity contribution in [2.45, 2.75) is 50.5 Å². The van der Waals surface area contributed by atoms with E-state index in [1.807, 2.05) is 0 Å². The molecule has 4 heterocycles. The molecular weight excluding hydrogens is 581 g/mol. The smallest absolute Gasteiger partial charge is 0.475 e. The van der Waals surface area contributed by atoms with Gasteiger partial charge in [0.15, 0.2) is 0 Å². The van der Waals surface area contributed by atoms with Gasteiger partial charge in [0.1, 0.15) is 0 Å². The van der Waals surface area contributed by atoms with E-state index < -0.39 is 12.1 Å². The molecule has 1 aliphatic heterocycles. The van der Waals surface area contributed by atoms with E-state index in [1.54, 1.807) is 29.7 Å². The summed E-state index contributed by atoms with van der Waals surface area (Å²) in [7, 11) is 0. The van der Waals surface area contributed by atoms with Crippen LogP contribution < -0.4 is 16.0 Å². The van der Waals surface area contributed by atoms with Crippen LogP contribution >= 0.6 is 23.1 Å². The minimum absolute atomic E-state index is 0.298. The second-order valence-corrected chi connectivity index (χ2v) is 10.9. The van der Waals surface area contributed by atoms with Crippen molar-refractivity contribution in [3.63, 3.8) is 0 Å². The highest BCUT2D eigenvalue weighted by molar-refractivity contribution is 8.18. The molecule has 216 valence electrons. The maximum Gasteiger partial charge on any atom is 0.490 e. The van der Waals surface area contributed by atoms with Crippen LogP contribution in [0.15, 0.2) is 52.2 Å². The first-order chi connectivity index (χ1) is 19.6. The highest BCUT2D eigenvalue weighted by Gasteiger charge is 2.38. The number of hydrogen-bond acceptors (Lipinski definition) is 10. The number of rotatable bonds is 7. The van der Waals surface area contributed by atoms with Crippen LogP contribution in [-0.4, -0.2) is 55.4 Å². The predicted molar refractivity (Wildman–Crippen MR) is 149 cm³/mol. The van der Waals surface area contributed by atoms with Gasteiger partial charge < -0.3 is 15.7 Å². The van der Waals surface area contributed by atoms with Gasteiger partial charge in [0.05, 0.1) is 22.0 Å². The van der Waals surface area contributed by atoms with Gasteiger partial charge in [-0.2, -0.15) is 24.5 Å². The number of carbonyl (C=O) groups is 3. The fourth-order valence-electron chi connectivity index (χ4n) is 4.10. The summed E-state index contributed by atoms with van der Waals surface area (Å²) in [5.41, 5.74) is 3.83. The molecule has 2 aliphatic rings. The van der Waals surface area contributed by atoms with E-state index in [-0.39, 0.29) is 11.1 Å². The molecular formula is C26H25F3N6O4S2. The monoisotopic (exact) mass is 606 g/mol. The molecule has 0 spiro atoms. The highest BCUT2D eigenvalue weighted by atomic mass is 32.2. The molecule has 41 heavy (non-hydrogen) atoms. The lowest BCUT2D eigenvalue weighted by molar-refractivity contribution is -0.192. The number of aromatic nitrogens is 3. The van der Waals surface area contributed by atoms with Crippen molar-refractivity contribution in [3.05, 3.63) is 63.6 Å². The van der Waals surface area contributed by atoms with Gasteiger partial charge in [-0.3, -0.25) is 19.9 Å². The highest BCUT2D eigenvalue weighted by Crippen LogP contribution is 2.26. The zero-order valence-electron chi connectivity index (χ0n) is 21.4. The van der Waals surface area contributed by atoms with Crippen molar-refractivity contribution in [2.75, 3.05) is 5.32 Å². The maximum atomic E-state index is 11.7. The maximum absolute atomic E-state index is 11.7. The number of aliphatic carboxylic acids is 1. The average Bonchev–Trinajstić information content (AvgIpc) is 3.58. The standard InChI is InChI=1S/C24H24N6O2S2.C2HF3O2/c31-22-21(34-24(32)30-22)12-18-8-10-25-23(29-18)28-17-6-4-16(5-7-17)26-13-19-2-1-3-20(27-19)15-9-11-33-14-15;3-2(4,5)1(6)7/h1-3,8-12,14,16-17,26H,4-7,13H2,(H,25,28,29)(H,30,31,32);(H,6,7)/t16-,17-;. The van der Waals surface area contributed by atoms with Crippen LogP contribution in [0.1, 0.15) is 37.1 Å². The van der Waals surface area contributed by atoms with E-state index in [2.05, 4.69) is 60.9 Å². The predicted octanol–water partition coefficient (Wildman–Crippen LogP) is 5.07. The second kappa shape index (κ2) is 13.7. The number of nitrogens with one attached hydrogen (secondary N) is 3. The molecule has 0 atom stereocenters. The number of alkyl halides is 3. The second-order valence-electron chi connectivity index (χ2n) is 9.06. The summed E-state index contributed by atoms with van der Waals surface area (Å²) in [6, 6.07) is 10.8. The van der Waals surface area contributed by atoms with E-state index in [0.29, 0.717) is 28.6 Å². The minimum atomic E-state index is -5.08. The van der Waals surface area contributed by atoms with E-state index in [1.165, 1.54) is 5.56 Å². The summed E-state index contributed by atoms with van der Waals surface area (Å²) in [5.74, 6) is -2.61. The first-order valence-corrected chi connectivity index (χ1v) is 14.2. The van der Waals surface area contributed by atoms with E-state index >= 15 is 0 Å². The number of nitrogens with zero attached hydrogens (tertiary/aromatic N) is 3. The molecule has 1 saturated carbocycles. The Balaban J connectivity index is 0.000000493. The fraction of sp³-hybridized carbons (Fsp3) is 0.308. The van der Waals surface area contributed by atoms with Gasteiger partial charge in [-0.15, -0.1) is 0 Å². The van der Waals surface area contributed by atoms with Crippen molar-refractivity contribution >= 4 is 52.2 Å². The van der Waals surface area contributed by atoms with Gasteiger partial charge in [0, 0.05) is 35.8 Å². The quantitative estimate of drug-likeness (QED) is 0.269. The first kappa shape index (κ1) is 30.1. The van der Waals surface area contributed by atoms with Crippen LogP contribution in [0.2, 0.25) is 0 Å². The van der Waals surface area contributed by atoms with Crippen LogP contribution in [0.4, 0.5) is 23.9 Å². The number of hydrogen-bond donors (Lipinski definition) is 4. The summed E-state index contributed by atoms with van der Waals surface area (Å²) >= 11 is 2.57. The molecule has 15 heteroatoms. The molecule has 3 aromatic rings. The summed E-state index contributed by atoms with van der Waals surface area (Å²) in [5, 5.41) is 20.3. The van der Waals surface area contributed by atoms with Crippen LogP contribution in [0.5, 0.6) is 0 Å². The molecule has 5 rings (SSSR count). The number of amides is 2. The molecule has 0 unspecified atom stereocenters. The third-order valence-corrected chi connectivity index (χ3v) is 7.59. The zero-order chi connectivity index (χ0) is 29.4. The number of carboxylic acids is 1. The van der Waals surface area contributed by atoms with Gasteiger partial charge in [-0.25, -0.2) is 14.8 Å². The number of carbonyl (C=O) groups excluding carboxylic acids is 2. The van der Waals surface area contributed by atoms with Crippen molar-refractivity contribution < 1.29 is 32.7 Å². The molecule has 2 fully saturated rings. The first-order valence-electron chi connectivity index (χ1n) is 12.4. The molecule has 4 N–H and O–H groups in total. The van der Waals surface area contributed by atoms with Crippen LogP contribution in [-0.2, 0) is 16.1 Å². The number of pyridine rings is 1. The minimum Gasteiger partial charge on any atom is -0.475 e. The largest absolute Gasteiger partial charge is 0.490 e. The van der Waals surface area contributed by atoms with Gasteiger partial charge >= 0.3 is 12.1 Å². The normalized spacial score (nSPS) is 19.8. The lowest BCUT2D eigenvalue weighted by Crippen LogP contribution is -2.37. The van der Waals surface area contributed by atoms with Crippen molar-refractivity contribution in [3.8, 4) is 11.3 Å². The number of thioether (sulfide) groups is 1. The number of anilines is 1. The number of carboxylic acid groups (broad SMARTS) is 1. The van der Waals surface area contributed by atoms with E-state index in [0.717, 1.165) is 55.4 Å². The van der Waals surface area contributed by atoms with Gasteiger partial charge in [-0.1, -0.05) is 6.07 Å². The van der Waals surface area contributed by atoms with Gasteiger partial charge in [0.2, 0.25) is 5.95 Å². The average molecular weight is 607 g/mol. The van der Waals surface area contributed by atoms with E-state index in [9.17, 15) is 22.8 Å². The van der Waals surface area contributed by atoms with Crippen LogP contribution in [0.3, 0.4) is 0 Å². The lowest BCUT2D eigenvalue weighted by Gasteiger charge is -2.29. The Morgan fingerprint density at radius 2 is 1.83 bits per heavy atom. The number of thiophene rings is 1. The van der Waals surface area contributed by atoms with Crippen molar-refractivity contribution in [2.24, 2.45) is 0 Å². The molecule has 1 aliphatic carbocycles. The zero-order valence-corrected chi connectivity index (χ0v) is 23.0. The fourth-order valence-corrected chi connectivity index (χ4v) is 5.42. The van der Waals surface area contributed by atoms with E-state index in [4.69, 9.17) is 14.9 Å². The Bertz CT molecular complexity index is 1410. The Morgan fingerprint density at radius 3 is 2.46 bits per heavy atom. The van der Waals surface area contributed by atoms with Crippen LogP contribution in [0.25, 0.3) is 17.3 Å². The number of halogens is 3. The molecule has 0 aromatic carbocycles. The lowest BCUT2D eigenvalue weighted by atomic mass is 9.91. The Kier molecular flexibility index (Phi) is 10.1. The Labute approximate surface area is 240 Å². The summed E-state index contributed by atoms with van der Waals surface area (Å²) < 4.78 is 31.7. The van der Waals surface area contributed by atoms with Crippen molar-refractivity contribution in [1.29, 1.82) is 0 Å². The molecule has 0 radical (unpaired) electrons. The molecule has 3 aromatic heterocycles. The van der Waals surface area contributed by atoms with Crippen LogP contribution in [0, 0.1) is 0 Å². The SMILES string of the molecule is O=C(O)C(F)(F)F.O=C1NC(=O)C(=Cc2ccnc(N[C@H]3CC[C@H](NCc4cccc(-c5ccsc5)n4)CC3)n2)S1. The van der Waals surface area contributed by atoms with Crippen molar-refractivity contribution in [1.82, 2.24) is 25.6 Å².